The van der Waals surface area contributed by atoms with Crippen LogP contribution in [0.1, 0.15) is 23.1 Å². The number of aliphatic hydroxyl groups is 1. The highest BCUT2D eigenvalue weighted by atomic mass is 16.5. The van der Waals surface area contributed by atoms with Crippen molar-refractivity contribution in [3.8, 4) is 5.75 Å². The zero-order chi connectivity index (χ0) is 12.7. The number of ether oxygens (including phenoxy) is 1. The summed E-state index contributed by atoms with van der Waals surface area (Å²) in [6.07, 6.45) is 0.951. The second-order valence-corrected chi connectivity index (χ2v) is 4.33. The molecule has 0 aliphatic rings. The highest BCUT2D eigenvalue weighted by molar-refractivity contribution is 5.44. The summed E-state index contributed by atoms with van der Waals surface area (Å²) in [5.41, 5.74) is 3.69. The molecule has 17 heavy (non-hydrogen) atoms. The average Bonchev–Trinajstić information content (AvgIpc) is 2.32. The monoisotopic (exact) mass is 237 g/mol. The average molecular weight is 237 g/mol. The van der Waals surface area contributed by atoms with Crippen molar-refractivity contribution in [1.29, 1.82) is 0 Å². The van der Waals surface area contributed by atoms with Gasteiger partial charge in [-0.05, 0) is 50.4 Å². The summed E-state index contributed by atoms with van der Waals surface area (Å²) in [5.74, 6) is 1.02. The fraction of sp³-hybridized carbons (Fsp3) is 0.571. The van der Waals surface area contributed by atoms with E-state index in [9.17, 15) is 0 Å². The number of aliphatic hydroxyl groups excluding tert-OH is 1. The SMILES string of the molecule is Cc1ccc(C)c(OCCCNCCO)c1C. The van der Waals surface area contributed by atoms with E-state index in [1.54, 1.807) is 0 Å². The Hall–Kier alpha value is -1.06. The van der Waals surface area contributed by atoms with E-state index in [-0.39, 0.29) is 6.61 Å². The van der Waals surface area contributed by atoms with E-state index >= 15 is 0 Å². The van der Waals surface area contributed by atoms with Crippen molar-refractivity contribution in [3.05, 3.63) is 28.8 Å². The van der Waals surface area contributed by atoms with E-state index in [2.05, 4.69) is 38.2 Å². The van der Waals surface area contributed by atoms with E-state index in [1.807, 2.05) is 0 Å². The number of benzene rings is 1. The van der Waals surface area contributed by atoms with E-state index in [0.29, 0.717) is 13.2 Å². The lowest BCUT2D eigenvalue weighted by Gasteiger charge is -2.14. The van der Waals surface area contributed by atoms with Gasteiger partial charge in [0.2, 0.25) is 0 Å². The molecule has 0 aliphatic heterocycles. The number of rotatable bonds is 7. The maximum atomic E-state index is 8.61. The van der Waals surface area contributed by atoms with Crippen LogP contribution in [0.4, 0.5) is 0 Å². The van der Waals surface area contributed by atoms with Crippen LogP contribution in [0.5, 0.6) is 5.75 Å². The van der Waals surface area contributed by atoms with Crippen LogP contribution in [0.25, 0.3) is 0 Å². The van der Waals surface area contributed by atoms with Crippen molar-refractivity contribution < 1.29 is 9.84 Å². The van der Waals surface area contributed by atoms with Gasteiger partial charge in [-0.15, -0.1) is 0 Å². The Morgan fingerprint density at radius 2 is 1.82 bits per heavy atom. The maximum absolute atomic E-state index is 8.61. The van der Waals surface area contributed by atoms with Crippen LogP contribution in [0.3, 0.4) is 0 Å². The van der Waals surface area contributed by atoms with Crippen LogP contribution in [-0.2, 0) is 0 Å². The van der Waals surface area contributed by atoms with E-state index < -0.39 is 0 Å². The first-order valence-electron chi connectivity index (χ1n) is 6.18. The summed E-state index contributed by atoms with van der Waals surface area (Å²) in [7, 11) is 0. The quantitative estimate of drug-likeness (QED) is 0.712. The van der Waals surface area contributed by atoms with Crippen LogP contribution in [0.2, 0.25) is 0 Å². The third-order valence-corrected chi connectivity index (χ3v) is 2.91. The molecule has 0 aliphatic carbocycles. The van der Waals surface area contributed by atoms with Gasteiger partial charge >= 0.3 is 0 Å². The third kappa shape index (κ3) is 4.36. The lowest BCUT2D eigenvalue weighted by molar-refractivity contribution is 0.281. The van der Waals surface area contributed by atoms with Crippen LogP contribution in [0, 0.1) is 20.8 Å². The van der Waals surface area contributed by atoms with Gasteiger partial charge < -0.3 is 15.2 Å². The molecule has 0 radical (unpaired) electrons. The van der Waals surface area contributed by atoms with Crippen molar-refractivity contribution in [2.75, 3.05) is 26.3 Å². The number of aryl methyl sites for hydroxylation is 2. The van der Waals surface area contributed by atoms with Crippen molar-refractivity contribution in [2.45, 2.75) is 27.2 Å². The Kier molecular flexibility index (Phi) is 6.01. The van der Waals surface area contributed by atoms with Gasteiger partial charge in [0, 0.05) is 6.54 Å². The first kappa shape index (κ1) is 14.0. The van der Waals surface area contributed by atoms with Gasteiger partial charge in [-0.3, -0.25) is 0 Å². The molecule has 1 aromatic carbocycles. The fourth-order valence-electron chi connectivity index (χ4n) is 1.72. The summed E-state index contributed by atoms with van der Waals surface area (Å²) < 4.78 is 5.83. The standard InChI is InChI=1S/C14H23NO2/c1-11-5-6-12(2)14(13(11)3)17-10-4-7-15-8-9-16/h5-6,15-16H,4,7-10H2,1-3H3. The van der Waals surface area contributed by atoms with Crippen LogP contribution in [0.15, 0.2) is 12.1 Å². The first-order valence-corrected chi connectivity index (χ1v) is 6.18. The predicted octanol–water partition coefficient (Wildman–Crippen LogP) is 1.96. The second-order valence-electron chi connectivity index (χ2n) is 4.33. The molecule has 0 spiro atoms. The van der Waals surface area contributed by atoms with Gasteiger partial charge in [0.05, 0.1) is 13.2 Å². The summed E-state index contributed by atoms with van der Waals surface area (Å²) in [4.78, 5) is 0. The van der Waals surface area contributed by atoms with Gasteiger partial charge in [-0.2, -0.15) is 0 Å². The molecular weight excluding hydrogens is 214 g/mol. The molecule has 1 rings (SSSR count). The van der Waals surface area contributed by atoms with Gasteiger partial charge in [-0.1, -0.05) is 12.1 Å². The minimum absolute atomic E-state index is 0.191. The molecule has 0 aromatic heterocycles. The Bertz CT molecular complexity index is 350. The van der Waals surface area contributed by atoms with Crippen molar-refractivity contribution in [2.24, 2.45) is 0 Å². The Labute approximate surface area is 104 Å². The van der Waals surface area contributed by atoms with E-state index in [0.717, 1.165) is 18.7 Å². The molecule has 0 saturated carbocycles. The smallest absolute Gasteiger partial charge is 0.125 e. The lowest BCUT2D eigenvalue weighted by Crippen LogP contribution is -2.21. The molecule has 96 valence electrons. The van der Waals surface area contributed by atoms with Crippen molar-refractivity contribution in [3.63, 3.8) is 0 Å². The summed E-state index contributed by atoms with van der Waals surface area (Å²) >= 11 is 0. The molecule has 2 N–H and O–H groups in total. The zero-order valence-electron chi connectivity index (χ0n) is 11.0. The zero-order valence-corrected chi connectivity index (χ0v) is 11.0. The molecule has 0 unspecified atom stereocenters. The largest absolute Gasteiger partial charge is 0.493 e. The first-order chi connectivity index (χ1) is 8.16. The molecule has 3 heteroatoms. The normalized spacial score (nSPS) is 10.6. The van der Waals surface area contributed by atoms with Gasteiger partial charge in [0.25, 0.3) is 0 Å². The molecule has 1 aromatic rings. The molecular formula is C14H23NO2. The second kappa shape index (κ2) is 7.30. The topological polar surface area (TPSA) is 41.5 Å². The summed E-state index contributed by atoms with van der Waals surface area (Å²) in [6.45, 7) is 8.71. The molecule has 0 heterocycles. The van der Waals surface area contributed by atoms with Gasteiger partial charge in [0.1, 0.15) is 5.75 Å². The van der Waals surface area contributed by atoms with Crippen LogP contribution < -0.4 is 10.1 Å². The predicted molar refractivity (Wildman–Crippen MR) is 70.7 cm³/mol. The van der Waals surface area contributed by atoms with Gasteiger partial charge in [0.15, 0.2) is 0 Å². The summed E-state index contributed by atoms with van der Waals surface area (Å²) in [6, 6.07) is 4.22. The molecule has 3 nitrogen and oxygen atoms in total. The van der Waals surface area contributed by atoms with Crippen molar-refractivity contribution in [1.82, 2.24) is 5.32 Å². The third-order valence-electron chi connectivity index (χ3n) is 2.91. The maximum Gasteiger partial charge on any atom is 0.125 e. The molecule has 0 bridgehead atoms. The van der Waals surface area contributed by atoms with Gasteiger partial charge in [-0.25, -0.2) is 0 Å². The van der Waals surface area contributed by atoms with E-state index in [1.165, 1.54) is 16.7 Å². The molecule has 0 saturated heterocycles. The minimum Gasteiger partial charge on any atom is -0.493 e. The molecule has 0 atom stereocenters. The number of nitrogens with one attached hydrogen (secondary N) is 1. The van der Waals surface area contributed by atoms with Crippen LogP contribution >= 0.6 is 0 Å². The number of hydrogen-bond acceptors (Lipinski definition) is 3. The Morgan fingerprint density at radius 1 is 1.12 bits per heavy atom. The molecule has 0 amide bonds. The van der Waals surface area contributed by atoms with E-state index in [4.69, 9.17) is 9.84 Å². The van der Waals surface area contributed by atoms with Crippen LogP contribution in [-0.4, -0.2) is 31.4 Å². The van der Waals surface area contributed by atoms with Crippen molar-refractivity contribution >= 4 is 0 Å². The number of hydrogen-bond donors (Lipinski definition) is 2. The summed E-state index contributed by atoms with van der Waals surface area (Å²) in [5, 5.41) is 11.7. The molecule has 0 fully saturated rings. The Balaban J connectivity index is 2.39. The fourth-order valence-corrected chi connectivity index (χ4v) is 1.72. The highest BCUT2D eigenvalue weighted by Gasteiger charge is 2.05. The highest BCUT2D eigenvalue weighted by Crippen LogP contribution is 2.25. The minimum atomic E-state index is 0.191. The lowest BCUT2D eigenvalue weighted by atomic mass is 10.1. The Morgan fingerprint density at radius 3 is 2.53 bits per heavy atom.